The van der Waals surface area contributed by atoms with E-state index in [1.807, 2.05) is 13.8 Å². The molecule has 3 aliphatic carbocycles. The molecule has 5 rings (SSSR count). The first-order valence-electron chi connectivity index (χ1n) is 13.4. The summed E-state index contributed by atoms with van der Waals surface area (Å²) in [5.41, 5.74) is -3.85. The molecule has 5 unspecified atom stereocenters. The second-order valence-electron chi connectivity index (χ2n) is 12.5. The number of ether oxygens (including phenoxy) is 4. The molecule has 11 heteroatoms. The van der Waals surface area contributed by atoms with Crippen molar-refractivity contribution >= 4 is 29.5 Å². The molecule has 0 aromatic heterocycles. The van der Waals surface area contributed by atoms with Gasteiger partial charge in [-0.1, -0.05) is 33.3 Å². The van der Waals surface area contributed by atoms with Gasteiger partial charge >= 0.3 is 17.9 Å². The van der Waals surface area contributed by atoms with Crippen LogP contribution in [0, 0.1) is 40.4 Å². The highest BCUT2D eigenvalue weighted by molar-refractivity contribution is 6.38. The van der Waals surface area contributed by atoms with Gasteiger partial charge in [-0.3, -0.25) is 9.59 Å². The quantitative estimate of drug-likeness (QED) is 0.218. The number of rotatable bonds is 4. The SMILES string of the molecule is COC(=O)[C@@]12OC[C@]34C(CC5C(C)C(=O)C(=O)C[C@@]5(C)C3[C@H](O)[C@H]1O)OC(=O)[C@@H](OC(=O)C=C(C)C(C)C)C42. The van der Waals surface area contributed by atoms with Crippen LogP contribution in [-0.2, 0) is 42.9 Å². The number of methoxy groups -OCH3 is 1. The van der Waals surface area contributed by atoms with Crippen LogP contribution in [0.1, 0.15) is 47.5 Å². The molecule has 2 saturated heterocycles. The van der Waals surface area contributed by atoms with Crippen LogP contribution in [0.4, 0.5) is 0 Å². The number of aliphatic hydroxyl groups is 2. The first-order valence-corrected chi connectivity index (χ1v) is 13.4. The van der Waals surface area contributed by atoms with E-state index >= 15 is 0 Å². The van der Waals surface area contributed by atoms with Crippen LogP contribution in [0.5, 0.6) is 0 Å². The number of hydrogen-bond acceptors (Lipinski definition) is 11. The lowest BCUT2D eigenvalue weighted by Gasteiger charge is -2.67. The molecular weight excluding hydrogens is 512 g/mol. The standard InChI is InChI=1S/C28H36O11/c1-11(2)12(3)7-17(30)39-20-22-27-10-37-28(22,25(35)36-6)23(33)19(32)21(27)26(5)9-15(29)18(31)13(4)14(26)8-16(27)38-24(20)34/h7,11,13-14,16,19-23,32-33H,8-10H2,1-6H3/t13?,14?,16?,19-,20-,21?,22?,23+,26+,27-,28-/m0/s1. The summed E-state index contributed by atoms with van der Waals surface area (Å²) in [7, 11) is 1.09. The normalized spacial score (nSPS) is 46.8. The summed E-state index contributed by atoms with van der Waals surface area (Å²) < 4.78 is 22.7. The van der Waals surface area contributed by atoms with Crippen LogP contribution in [0.2, 0.25) is 0 Å². The van der Waals surface area contributed by atoms with Crippen molar-refractivity contribution in [3.05, 3.63) is 11.6 Å². The van der Waals surface area contributed by atoms with E-state index < -0.39 is 94.0 Å². The molecule has 5 fully saturated rings. The van der Waals surface area contributed by atoms with Gasteiger partial charge < -0.3 is 29.2 Å². The zero-order valence-corrected chi connectivity index (χ0v) is 23.0. The number of Topliss-reactive ketones (excluding diaryl/α,β-unsaturated/α-hetero) is 2. The topological polar surface area (TPSA) is 163 Å². The molecular formula is C28H36O11. The van der Waals surface area contributed by atoms with Gasteiger partial charge in [-0.2, -0.15) is 0 Å². The van der Waals surface area contributed by atoms with Crippen LogP contribution < -0.4 is 0 Å². The molecule has 0 aromatic carbocycles. The molecule has 11 atom stereocenters. The lowest BCUT2D eigenvalue weighted by molar-refractivity contribution is -0.295. The van der Waals surface area contributed by atoms with Gasteiger partial charge in [0.25, 0.3) is 0 Å². The van der Waals surface area contributed by atoms with Crippen LogP contribution in [-0.4, -0.2) is 83.4 Å². The molecule has 2 bridgehead atoms. The van der Waals surface area contributed by atoms with Crippen molar-refractivity contribution in [1.29, 1.82) is 0 Å². The highest BCUT2D eigenvalue weighted by atomic mass is 16.6. The summed E-state index contributed by atoms with van der Waals surface area (Å²) in [6, 6.07) is 0. The zero-order chi connectivity index (χ0) is 28.8. The Morgan fingerprint density at radius 3 is 2.44 bits per heavy atom. The smallest absolute Gasteiger partial charge is 0.348 e. The number of ketones is 2. The van der Waals surface area contributed by atoms with Gasteiger partial charge in [-0.05, 0) is 30.6 Å². The molecule has 0 aromatic rings. The minimum atomic E-state index is -2.23. The van der Waals surface area contributed by atoms with Crippen LogP contribution in [0.3, 0.4) is 0 Å². The maximum absolute atomic E-state index is 13.5. The monoisotopic (exact) mass is 548 g/mol. The van der Waals surface area contributed by atoms with Gasteiger partial charge in [-0.15, -0.1) is 0 Å². The molecule has 214 valence electrons. The average molecular weight is 549 g/mol. The molecule has 5 aliphatic rings. The number of carbonyl (C=O) groups is 5. The number of allylic oxidation sites excluding steroid dienone is 1. The van der Waals surface area contributed by atoms with Gasteiger partial charge in [-0.25, -0.2) is 14.4 Å². The maximum atomic E-state index is 13.5. The number of hydrogen-bond donors (Lipinski definition) is 2. The second kappa shape index (κ2) is 8.94. The Bertz CT molecular complexity index is 1170. The fourth-order valence-electron chi connectivity index (χ4n) is 8.56. The molecule has 0 amide bonds. The Balaban J connectivity index is 1.69. The van der Waals surface area contributed by atoms with E-state index in [1.54, 1.807) is 20.8 Å². The predicted octanol–water partition coefficient (Wildman–Crippen LogP) is 0.526. The van der Waals surface area contributed by atoms with E-state index in [0.717, 1.165) is 7.11 Å². The van der Waals surface area contributed by atoms with E-state index in [-0.39, 0.29) is 25.4 Å². The molecule has 3 saturated carbocycles. The molecule has 11 nitrogen and oxygen atoms in total. The largest absolute Gasteiger partial charge is 0.467 e. The fraction of sp³-hybridized carbons (Fsp3) is 0.750. The number of fused-ring (bicyclic) bond motifs is 2. The summed E-state index contributed by atoms with van der Waals surface area (Å²) in [5, 5.41) is 23.3. The highest BCUT2D eigenvalue weighted by Gasteiger charge is 2.85. The summed E-state index contributed by atoms with van der Waals surface area (Å²) in [6.45, 7) is 8.72. The van der Waals surface area contributed by atoms with Crippen LogP contribution in [0.25, 0.3) is 0 Å². The van der Waals surface area contributed by atoms with Crippen molar-refractivity contribution in [2.75, 3.05) is 13.7 Å². The predicted molar refractivity (Wildman–Crippen MR) is 130 cm³/mol. The van der Waals surface area contributed by atoms with E-state index in [1.165, 1.54) is 6.08 Å². The Kier molecular flexibility index (Phi) is 6.40. The number of aliphatic hydroxyl groups excluding tert-OH is 2. The molecule has 39 heavy (non-hydrogen) atoms. The third kappa shape index (κ3) is 3.42. The summed E-state index contributed by atoms with van der Waals surface area (Å²) in [5.74, 6) is -7.22. The Morgan fingerprint density at radius 1 is 1.15 bits per heavy atom. The van der Waals surface area contributed by atoms with E-state index in [4.69, 9.17) is 18.9 Å². The highest BCUT2D eigenvalue weighted by Crippen LogP contribution is 2.72. The third-order valence-electron chi connectivity index (χ3n) is 10.5. The van der Waals surface area contributed by atoms with E-state index in [2.05, 4.69) is 0 Å². The number of carbonyl (C=O) groups excluding carboxylic acids is 5. The third-order valence-corrected chi connectivity index (χ3v) is 10.5. The van der Waals surface area contributed by atoms with E-state index in [0.29, 0.717) is 5.57 Å². The van der Waals surface area contributed by atoms with Crippen molar-refractivity contribution in [3.63, 3.8) is 0 Å². The average Bonchev–Trinajstić information content (AvgIpc) is 3.18. The molecule has 2 N–H and O–H groups in total. The lowest BCUT2D eigenvalue weighted by Crippen LogP contribution is -2.79. The minimum absolute atomic E-state index is 0.0274. The van der Waals surface area contributed by atoms with Gasteiger partial charge in [0, 0.05) is 29.7 Å². The van der Waals surface area contributed by atoms with Gasteiger partial charge in [0.15, 0.2) is 5.78 Å². The Hall–Kier alpha value is -2.63. The van der Waals surface area contributed by atoms with Crippen molar-refractivity contribution < 1.29 is 53.1 Å². The Morgan fingerprint density at radius 2 is 1.82 bits per heavy atom. The van der Waals surface area contributed by atoms with Gasteiger partial charge in [0.1, 0.15) is 12.2 Å². The first kappa shape index (κ1) is 27.9. The lowest BCUT2D eigenvalue weighted by atomic mass is 9.37. The van der Waals surface area contributed by atoms with E-state index in [9.17, 15) is 34.2 Å². The van der Waals surface area contributed by atoms with Gasteiger partial charge in [0.2, 0.25) is 17.5 Å². The van der Waals surface area contributed by atoms with Crippen molar-refractivity contribution in [1.82, 2.24) is 0 Å². The fourth-order valence-corrected chi connectivity index (χ4v) is 8.56. The molecule has 1 spiro atoms. The summed E-state index contributed by atoms with van der Waals surface area (Å²) in [6.07, 6.45) is -4.82. The first-order chi connectivity index (χ1) is 18.2. The minimum Gasteiger partial charge on any atom is -0.467 e. The molecule has 2 heterocycles. The molecule has 0 radical (unpaired) electrons. The Labute approximate surface area is 226 Å². The number of esters is 3. The molecule has 2 aliphatic heterocycles. The van der Waals surface area contributed by atoms with Crippen LogP contribution >= 0.6 is 0 Å². The summed E-state index contributed by atoms with van der Waals surface area (Å²) >= 11 is 0. The second-order valence-corrected chi connectivity index (χ2v) is 12.5. The van der Waals surface area contributed by atoms with Gasteiger partial charge in [0.05, 0.1) is 25.7 Å². The zero-order valence-electron chi connectivity index (χ0n) is 23.0. The van der Waals surface area contributed by atoms with Crippen LogP contribution in [0.15, 0.2) is 11.6 Å². The van der Waals surface area contributed by atoms with Crippen molar-refractivity contribution in [2.45, 2.75) is 77.5 Å². The van der Waals surface area contributed by atoms with Crippen molar-refractivity contribution in [3.8, 4) is 0 Å². The maximum Gasteiger partial charge on any atom is 0.348 e. The summed E-state index contributed by atoms with van der Waals surface area (Å²) in [4.78, 5) is 65.4. The van der Waals surface area contributed by atoms with Crippen molar-refractivity contribution in [2.24, 2.45) is 40.4 Å².